The molecule has 0 aliphatic rings. The van der Waals surface area contributed by atoms with E-state index in [1.165, 1.54) is 0 Å². The molecule has 1 aromatic heterocycles. The number of aliphatic carboxylic acids is 1. The number of carbonyl (C=O) groups excluding carboxylic acids is 1. The first-order valence-corrected chi connectivity index (χ1v) is 10.6. The van der Waals surface area contributed by atoms with Gasteiger partial charge in [0.1, 0.15) is 6.61 Å². The first-order chi connectivity index (χ1) is 15.9. The highest BCUT2D eigenvalue weighted by molar-refractivity contribution is 5.85. The summed E-state index contributed by atoms with van der Waals surface area (Å²) >= 11 is 0. The number of amides is 1. The summed E-state index contributed by atoms with van der Waals surface area (Å²) in [5.74, 6) is -0.872. The number of nitrogens with one attached hydrogen (secondary N) is 1. The highest BCUT2D eigenvalue weighted by atomic mass is 16.5. The van der Waals surface area contributed by atoms with E-state index in [4.69, 9.17) is 9.84 Å². The van der Waals surface area contributed by atoms with Crippen molar-refractivity contribution in [3.8, 4) is 0 Å². The van der Waals surface area contributed by atoms with Gasteiger partial charge in [-0.1, -0.05) is 48.5 Å². The average Bonchev–Trinajstić information content (AvgIpc) is 3.06. The molecule has 0 fully saturated rings. The topological polar surface area (TPSA) is 93.5 Å². The van der Waals surface area contributed by atoms with Gasteiger partial charge in [0.25, 0.3) is 0 Å². The first kappa shape index (κ1) is 22.1. The molecule has 0 aliphatic carbocycles. The molecular weight excluding hydrogens is 418 g/mol. The van der Waals surface area contributed by atoms with Gasteiger partial charge >= 0.3 is 12.1 Å². The van der Waals surface area contributed by atoms with Crippen LogP contribution in [0.15, 0.2) is 66.7 Å². The van der Waals surface area contributed by atoms with Crippen LogP contribution in [0.1, 0.15) is 28.1 Å². The Morgan fingerprint density at radius 1 is 0.970 bits per heavy atom. The van der Waals surface area contributed by atoms with Crippen LogP contribution in [0.3, 0.4) is 0 Å². The molecule has 3 aromatic carbocycles. The summed E-state index contributed by atoms with van der Waals surface area (Å²) in [6.45, 7) is 4.39. The van der Waals surface area contributed by atoms with Crippen molar-refractivity contribution in [2.24, 2.45) is 0 Å². The monoisotopic (exact) mass is 443 g/mol. The van der Waals surface area contributed by atoms with E-state index < -0.39 is 12.1 Å². The van der Waals surface area contributed by atoms with Crippen molar-refractivity contribution >= 4 is 28.5 Å². The van der Waals surface area contributed by atoms with E-state index in [2.05, 4.69) is 10.4 Å². The van der Waals surface area contributed by atoms with E-state index in [0.29, 0.717) is 12.2 Å². The van der Waals surface area contributed by atoms with Crippen molar-refractivity contribution in [2.75, 3.05) is 5.32 Å². The largest absolute Gasteiger partial charge is 0.481 e. The van der Waals surface area contributed by atoms with Gasteiger partial charge in [-0.3, -0.25) is 14.8 Å². The lowest BCUT2D eigenvalue weighted by Gasteiger charge is -2.09. The molecule has 1 heterocycles. The van der Waals surface area contributed by atoms with Gasteiger partial charge in [-0.15, -0.1) is 0 Å². The molecule has 2 N–H and O–H groups in total. The second-order valence-corrected chi connectivity index (χ2v) is 7.96. The molecule has 0 unspecified atom stereocenters. The summed E-state index contributed by atoms with van der Waals surface area (Å²) in [5, 5.41) is 18.5. The van der Waals surface area contributed by atoms with Gasteiger partial charge in [-0.05, 0) is 53.9 Å². The summed E-state index contributed by atoms with van der Waals surface area (Å²) in [7, 11) is 0. The van der Waals surface area contributed by atoms with Gasteiger partial charge in [-0.2, -0.15) is 5.10 Å². The maximum absolute atomic E-state index is 12.2. The third-order valence-electron chi connectivity index (χ3n) is 5.58. The van der Waals surface area contributed by atoms with Gasteiger partial charge < -0.3 is 9.84 Å². The summed E-state index contributed by atoms with van der Waals surface area (Å²) in [6, 6.07) is 21.4. The highest BCUT2D eigenvalue weighted by Gasteiger charge is 2.14. The lowest BCUT2D eigenvalue weighted by Crippen LogP contribution is -2.13. The van der Waals surface area contributed by atoms with E-state index in [0.717, 1.165) is 38.9 Å². The number of anilines is 1. The van der Waals surface area contributed by atoms with Crippen LogP contribution >= 0.6 is 0 Å². The number of ether oxygens (including phenoxy) is 1. The average molecular weight is 444 g/mol. The lowest BCUT2D eigenvalue weighted by atomic mass is 10.1. The number of hydrogen-bond donors (Lipinski definition) is 2. The fourth-order valence-electron chi connectivity index (χ4n) is 3.79. The van der Waals surface area contributed by atoms with Crippen molar-refractivity contribution in [1.82, 2.24) is 9.78 Å². The summed E-state index contributed by atoms with van der Waals surface area (Å²) in [6.07, 6.45) is -0.560. The number of fused-ring (bicyclic) bond motifs is 1. The van der Waals surface area contributed by atoms with Crippen molar-refractivity contribution in [3.05, 3.63) is 94.8 Å². The summed E-state index contributed by atoms with van der Waals surface area (Å²) in [4.78, 5) is 23.3. The molecule has 7 nitrogen and oxygen atoms in total. The van der Waals surface area contributed by atoms with Crippen LogP contribution in [-0.4, -0.2) is 26.9 Å². The normalized spacial score (nSPS) is 10.8. The van der Waals surface area contributed by atoms with Crippen LogP contribution in [0.25, 0.3) is 10.8 Å². The van der Waals surface area contributed by atoms with Crippen molar-refractivity contribution in [3.63, 3.8) is 0 Å². The molecule has 7 heteroatoms. The molecule has 0 radical (unpaired) electrons. The molecule has 1 amide bonds. The number of carbonyl (C=O) groups is 2. The first-order valence-electron chi connectivity index (χ1n) is 10.6. The smallest absolute Gasteiger partial charge is 0.411 e. The van der Waals surface area contributed by atoms with Crippen LogP contribution in [0, 0.1) is 13.8 Å². The molecular formula is C26H25N3O4. The maximum atomic E-state index is 12.2. The quantitative estimate of drug-likeness (QED) is 0.416. The maximum Gasteiger partial charge on any atom is 0.411 e. The summed E-state index contributed by atoms with van der Waals surface area (Å²) < 4.78 is 7.16. The minimum atomic E-state index is -0.872. The van der Waals surface area contributed by atoms with Crippen LogP contribution in [-0.2, 0) is 29.1 Å². The van der Waals surface area contributed by atoms with E-state index in [1.54, 1.807) is 16.8 Å². The Kier molecular flexibility index (Phi) is 6.40. The molecule has 0 bridgehead atoms. The van der Waals surface area contributed by atoms with Gasteiger partial charge in [0, 0.05) is 16.9 Å². The predicted octanol–water partition coefficient (Wildman–Crippen LogP) is 5.08. The van der Waals surface area contributed by atoms with Gasteiger partial charge in [0.15, 0.2) is 0 Å². The van der Waals surface area contributed by atoms with Crippen molar-refractivity contribution < 1.29 is 19.4 Å². The van der Waals surface area contributed by atoms with Gasteiger partial charge in [-0.25, -0.2) is 4.79 Å². The zero-order valence-corrected chi connectivity index (χ0v) is 18.5. The van der Waals surface area contributed by atoms with E-state index >= 15 is 0 Å². The number of rotatable bonds is 7. The molecule has 0 aliphatic heterocycles. The Morgan fingerprint density at radius 2 is 1.67 bits per heavy atom. The number of carboxylic acids is 1. The molecule has 0 atom stereocenters. The number of hydrogen-bond acceptors (Lipinski definition) is 4. The number of aryl methyl sites for hydroxylation is 1. The Labute approximate surface area is 191 Å². The molecule has 0 spiro atoms. The fraction of sp³-hybridized carbons (Fsp3) is 0.192. The predicted molar refractivity (Wildman–Crippen MR) is 126 cm³/mol. The Balaban J connectivity index is 1.33. The Bertz CT molecular complexity index is 1310. The van der Waals surface area contributed by atoms with Crippen LogP contribution in [0.2, 0.25) is 0 Å². The van der Waals surface area contributed by atoms with E-state index in [9.17, 15) is 9.59 Å². The molecule has 4 rings (SSSR count). The highest BCUT2D eigenvalue weighted by Crippen LogP contribution is 2.18. The second kappa shape index (κ2) is 9.56. The number of nitrogens with zero attached hydrogens (tertiary/aromatic N) is 2. The number of benzene rings is 3. The molecule has 4 aromatic rings. The van der Waals surface area contributed by atoms with Crippen molar-refractivity contribution in [1.29, 1.82) is 0 Å². The van der Waals surface area contributed by atoms with Crippen molar-refractivity contribution in [2.45, 2.75) is 33.4 Å². The van der Waals surface area contributed by atoms with Gasteiger partial charge in [0.2, 0.25) is 0 Å². The van der Waals surface area contributed by atoms with Crippen LogP contribution in [0.4, 0.5) is 10.5 Å². The minimum absolute atomic E-state index is 0.0398. The molecule has 168 valence electrons. The third kappa shape index (κ3) is 5.38. The number of aromatic nitrogens is 2. The molecule has 33 heavy (non-hydrogen) atoms. The number of carboxylic acid groups (broad SMARTS) is 1. The SMILES string of the molecule is Cc1nn(Cc2ccc(NC(=O)OCc3ccc4ccccc4c3)cc2)c(C)c1CC(=O)O. The van der Waals surface area contributed by atoms with Gasteiger partial charge in [0.05, 0.1) is 18.7 Å². The van der Waals surface area contributed by atoms with E-state index in [1.807, 2.05) is 68.4 Å². The lowest BCUT2D eigenvalue weighted by molar-refractivity contribution is -0.136. The molecule has 0 saturated heterocycles. The molecule has 0 saturated carbocycles. The second-order valence-electron chi connectivity index (χ2n) is 7.96. The third-order valence-corrected chi connectivity index (χ3v) is 5.58. The zero-order valence-electron chi connectivity index (χ0n) is 18.5. The zero-order chi connectivity index (χ0) is 23.4. The van der Waals surface area contributed by atoms with E-state index in [-0.39, 0.29) is 13.0 Å². The standard InChI is InChI=1S/C26H25N3O4/c1-17-24(14-25(30)31)18(2)29(28-17)15-19-8-11-23(12-9-19)27-26(32)33-16-20-7-10-21-5-3-4-6-22(21)13-20/h3-13H,14-16H2,1-2H3,(H,27,32)(H,30,31). The minimum Gasteiger partial charge on any atom is -0.481 e. The Hall–Kier alpha value is -4.13. The summed E-state index contributed by atoms with van der Waals surface area (Å²) in [5.41, 5.74) is 4.85. The van der Waals surface area contributed by atoms with Crippen LogP contribution in [0.5, 0.6) is 0 Å². The fourth-order valence-corrected chi connectivity index (χ4v) is 3.79. The van der Waals surface area contributed by atoms with Crippen LogP contribution < -0.4 is 5.32 Å². The Morgan fingerprint density at radius 3 is 2.39 bits per heavy atom.